The summed E-state index contributed by atoms with van der Waals surface area (Å²) >= 11 is 0. The fraction of sp³-hybridized carbons (Fsp3) is 1.00. The number of unbranched alkanes of at least 4 members (excludes halogenated alkanes) is 3. The first-order chi connectivity index (χ1) is 9.21. The standard InChI is InChI=1S/C11H25NO6S2/c1-19(13,14)17-10-6-4-3-5-8-12-9-7-11-18-20(2,15)16/h12H,3-11H2,1-2H3. The van der Waals surface area contributed by atoms with E-state index in [0.717, 1.165) is 44.7 Å². The Morgan fingerprint density at radius 3 is 1.70 bits per heavy atom. The van der Waals surface area contributed by atoms with Crippen LogP contribution in [0.25, 0.3) is 0 Å². The first-order valence-electron chi connectivity index (χ1n) is 6.60. The zero-order valence-electron chi connectivity index (χ0n) is 12.1. The summed E-state index contributed by atoms with van der Waals surface area (Å²) in [7, 11) is -6.64. The first-order valence-corrected chi connectivity index (χ1v) is 10.2. The fourth-order valence-electron chi connectivity index (χ4n) is 1.45. The van der Waals surface area contributed by atoms with Gasteiger partial charge in [0.1, 0.15) is 0 Å². The van der Waals surface area contributed by atoms with Crippen molar-refractivity contribution in [3.63, 3.8) is 0 Å². The largest absolute Gasteiger partial charge is 0.317 e. The molecule has 0 saturated heterocycles. The van der Waals surface area contributed by atoms with Gasteiger partial charge in [-0.2, -0.15) is 16.8 Å². The van der Waals surface area contributed by atoms with Crippen LogP contribution in [-0.2, 0) is 28.6 Å². The lowest BCUT2D eigenvalue weighted by Gasteiger charge is -2.05. The van der Waals surface area contributed by atoms with E-state index in [1.807, 2.05) is 0 Å². The van der Waals surface area contributed by atoms with Crippen molar-refractivity contribution >= 4 is 20.2 Å². The highest BCUT2D eigenvalue weighted by Gasteiger charge is 2.01. The van der Waals surface area contributed by atoms with Gasteiger partial charge in [0.2, 0.25) is 0 Å². The van der Waals surface area contributed by atoms with Crippen LogP contribution >= 0.6 is 0 Å². The summed E-state index contributed by atoms with van der Waals surface area (Å²) < 4.78 is 51.9. The van der Waals surface area contributed by atoms with Gasteiger partial charge in [0.15, 0.2) is 0 Å². The molecule has 7 nitrogen and oxygen atoms in total. The van der Waals surface area contributed by atoms with E-state index < -0.39 is 20.2 Å². The molecule has 0 atom stereocenters. The normalized spacial score (nSPS) is 12.7. The third kappa shape index (κ3) is 17.8. The maximum absolute atomic E-state index is 10.7. The molecule has 0 bridgehead atoms. The van der Waals surface area contributed by atoms with Crippen LogP contribution in [0.2, 0.25) is 0 Å². The molecule has 20 heavy (non-hydrogen) atoms. The number of hydrogen-bond acceptors (Lipinski definition) is 7. The van der Waals surface area contributed by atoms with E-state index in [9.17, 15) is 16.8 Å². The van der Waals surface area contributed by atoms with E-state index in [0.29, 0.717) is 13.0 Å². The molecule has 1 N–H and O–H groups in total. The fourth-order valence-corrected chi connectivity index (χ4v) is 2.29. The van der Waals surface area contributed by atoms with Crippen molar-refractivity contribution in [1.29, 1.82) is 0 Å². The van der Waals surface area contributed by atoms with Gasteiger partial charge in [-0.25, -0.2) is 0 Å². The third-order valence-corrected chi connectivity index (χ3v) is 3.53. The molecule has 9 heteroatoms. The van der Waals surface area contributed by atoms with Crippen LogP contribution in [0.1, 0.15) is 32.1 Å². The Bertz CT molecular complexity index is 390. The van der Waals surface area contributed by atoms with Gasteiger partial charge in [-0.3, -0.25) is 8.37 Å². The maximum Gasteiger partial charge on any atom is 0.264 e. The molecule has 0 aliphatic carbocycles. The second-order valence-corrected chi connectivity index (χ2v) is 7.86. The number of nitrogens with one attached hydrogen (secondary N) is 1. The van der Waals surface area contributed by atoms with Gasteiger partial charge in [0.05, 0.1) is 25.7 Å². The van der Waals surface area contributed by atoms with E-state index in [1.54, 1.807) is 0 Å². The molecule has 0 spiro atoms. The van der Waals surface area contributed by atoms with Crippen molar-refractivity contribution in [2.45, 2.75) is 32.1 Å². The van der Waals surface area contributed by atoms with E-state index in [-0.39, 0.29) is 13.2 Å². The Balaban J connectivity index is 3.18. The van der Waals surface area contributed by atoms with Gasteiger partial charge in [-0.1, -0.05) is 12.8 Å². The Hall–Kier alpha value is -0.220. The molecule has 0 unspecified atom stereocenters. The molecule has 0 aromatic rings. The lowest BCUT2D eigenvalue weighted by molar-refractivity contribution is 0.307. The molecule has 0 aliphatic rings. The summed E-state index contributed by atoms with van der Waals surface area (Å²) in [5.41, 5.74) is 0. The van der Waals surface area contributed by atoms with Crippen molar-refractivity contribution in [2.24, 2.45) is 0 Å². The van der Waals surface area contributed by atoms with Crippen molar-refractivity contribution in [3.8, 4) is 0 Å². The van der Waals surface area contributed by atoms with E-state index in [2.05, 4.69) is 13.7 Å². The molecule has 0 aromatic heterocycles. The topological polar surface area (TPSA) is 98.8 Å². The second-order valence-electron chi connectivity index (χ2n) is 4.57. The van der Waals surface area contributed by atoms with Crippen LogP contribution < -0.4 is 5.32 Å². The smallest absolute Gasteiger partial charge is 0.264 e. The van der Waals surface area contributed by atoms with E-state index >= 15 is 0 Å². The summed E-state index contributed by atoms with van der Waals surface area (Å²) in [5.74, 6) is 0. The molecule has 0 saturated carbocycles. The molecule has 0 fully saturated rings. The Labute approximate surface area is 122 Å². The Morgan fingerprint density at radius 1 is 0.700 bits per heavy atom. The Morgan fingerprint density at radius 2 is 1.15 bits per heavy atom. The minimum atomic E-state index is -3.33. The highest BCUT2D eigenvalue weighted by molar-refractivity contribution is 7.86. The van der Waals surface area contributed by atoms with Gasteiger partial charge < -0.3 is 5.32 Å². The average molecular weight is 331 g/mol. The third-order valence-electron chi connectivity index (χ3n) is 2.34. The summed E-state index contributed by atoms with van der Waals surface area (Å²) in [5, 5.41) is 3.18. The zero-order valence-corrected chi connectivity index (χ0v) is 13.8. The van der Waals surface area contributed by atoms with E-state index in [4.69, 9.17) is 0 Å². The highest BCUT2D eigenvalue weighted by Crippen LogP contribution is 2.00. The summed E-state index contributed by atoms with van der Waals surface area (Å²) in [4.78, 5) is 0. The lowest BCUT2D eigenvalue weighted by atomic mass is 10.2. The van der Waals surface area contributed by atoms with Crippen LogP contribution in [-0.4, -0.2) is 55.7 Å². The van der Waals surface area contributed by atoms with E-state index in [1.165, 1.54) is 0 Å². The molecule has 0 heterocycles. The van der Waals surface area contributed by atoms with Crippen LogP contribution in [0.15, 0.2) is 0 Å². The van der Waals surface area contributed by atoms with Crippen molar-refractivity contribution in [1.82, 2.24) is 5.32 Å². The van der Waals surface area contributed by atoms with Gasteiger partial charge in [0.25, 0.3) is 20.2 Å². The average Bonchev–Trinajstić information content (AvgIpc) is 2.27. The summed E-state index contributed by atoms with van der Waals surface area (Å²) in [6.07, 6.45) is 6.38. The zero-order chi connectivity index (χ0) is 15.5. The molecule has 0 rings (SSSR count). The van der Waals surface area contributed by atoms with Crippen molar-refractivity contribution < 1.29 is 25.2 Å². The molecular formula is C11H25NO6S2. The quantitative estimate of drug-likeness (QED) is 0.387. The van der Waals surface area contributed by atoms with Gasteiger partial charge in [-0.05, 0) is 32.4 Å². The SMILES string of the molecule is CS(=O)(=O)OCCCCCCNCCCOS(C)(=O)=O. The summed E-state index contributed by atoms with van der Waals surface area (Å²) in [6.45, 7) is 2.02. The summed E-state index contributed by atoms with van der Waals surface area (Å²) in [6, 6.07) is 0. The predicted octanol–water partition coefficient (Wildman–Crippen LogP) is 0.479. The second kappa shape index (κ2) is 10.5. The van der Waals surface area contributed by atoms with Crippen molar-refractivity contribution in [3.05, 3.63) is 0 Å². The predicted molar refractivity (Wildman–Crippen MR) is 77.5 cm³/mol. The Kier molecular flexibility index (Phi) is 10.4. The van der Waals surface area contributed by atoms with Crippen LogP contribution in [0, 0.1) is 0 Å². The first kappa shape index (κ1) is 19.8. The minimum absolute atomic E-state index is 0.203. The van der Waals surface area contributed by atoms with Gasteiger partial charge in [0, 0.05) is 0 Å². The van der Waals surface area contributed by atoms with Crippen molar-refractivity contribution in [2.75, 3.05) is 38.8 Å². The maximum atomic E-state index is 10.7. The van der Waals surface area contributed by atoms with Crippen LogP contribution in [0.4, 0.5) is 0 Å². The molecule has 122 valence electrons. The molecule has 0 amide bonds. The van der Waals surface area contributed by atoms with Gasteiger partial charge >= 0.3 is 0 Å². The highest BCUT2D eigenvalue weighted by atomic mass is 32.2. The van der Waals surface area contributed by atoms with Crippen LogP contribution in [0.5, 0.6) is 0 Å². The molecule has 0 radical (unpaired) electrons. The number of rotatable bonds is 13. The molecule has 0 aromatic carbocycles. The number of hydrogen-bond donors (Lipinski definition) is 1. The lowest BCUT2D eigenvalue weighted by Crippen LogP contribution is -2.18. The molecule has 0 aliphatic heterocycles. The monoisotopic (exact) mass is 331 g/mol. The van der Waals surface area contributed by atoms with Crippen LogP contribution in [0.3, 0.4) is 0 Å². The van der Waals surface area contributed by atoms with Gasteiger partial charge in [-0.15, -0.1) is 0 Å². The minimum Gasteiger partial charge on any atom is -0.317 e. The molecular weight excluding hydrogens is 306 g/mol.